The molecule has 114 valence electrons. The monoisotopic (exact) mass is 304 g/mol. The van der Waals surface area contributed by atoms with Gasteiger partial charge in [0.25, 0.3) is 0 Å². The second kappa shape index (κ2) is 8.15. The van der Waals surface area contributed by atoms with Crippen molar-refractivity contribution < 1.29 is 4.74 Å². The molecule has 0 bridgehead atoms. The van der Waals surface area contributed by atoms with E-state index in [9.17, 15) is 0 Å². The first-order valence-electron chi connectivity index (χ1n) is 7.67. The number of pyridine rings is 1. The van der Waals surface area contributed by atoms with Crippen LogP contribution in [0.15, 0.2) is 29.9 Å². The maximum absolute atomic E-state index is 5.59. The van der Waals surface area contributed by atoms with E-state index in [2.05, 4.69) is 41.7 Å². The topological polar surface area (TPSA) is 34.2 Å². The van der Waals surface area contributed by atoms with Gasteiger partial charge in [-0.15, -0.1) is 11.3 Å². The molecule has 1 unspecified atom stereocenters. The van der Waals surface area contributed by atoms with Crippen molar-refractivity contribution in [1.82, 2.24) is 10.3 Å². The Morgan fingerprint density at radius 3 is 2.86 bits per heavy atom. The Balaban J connectivity index is 2.33. The Labute approximate surface area is 131 Å². The van der Waals surface area contributed by atoms with Crippen LogP contribution in [0.3, 0.4) is 0 Å². The molecule has 0 aliphatic carbocycles. The van der Waals surface area contributed by atoms with Gasteiger partial charge in [-0.2, -0.15) is 0 Å². The molecule has 4 heteroatoms. The van der Waals surface area contributed by atoms with E-state index < -0.39 is 0 Å². The number of aryl methyl sites for hydroxylation is 1. The minimum atomic E-state index is 0.202. The van der Waals surface area contributed by atoms with E-state index in [1.165, 1.54) is 16.0 Å². The summed E-state index contributed by atoms with van der Waals surface area (Å²) in [5, 5.41) is 5.82. The van der Waals surface area contributed by atoms with E-state index in [0.29, 0.717) is 6.61 Å². The molecule has 2 aromatic heterocycles. The predicted molar refractivity (Wildman–Crippen MR) is 89.2 cm³/mol. The summed E-state index contributed by atoms with van der Waals surface area (Å²) in [6.07, 6.45) is 5.89. The zero-order valence-corrected chi connectivity index (χ0v) is 13.9. The van der Waals surface area contributed by atoms with Gasteiger partial charge < -0.3 is 10.1 Å². The summed E-state index contributed by atoms with van der Waals surface area (Å²) in [5.74, 6) is 0.841. The number of thiophene rings is 1. The zero-order valence-electron chi connectivity index (χ0n) is 13.1. The first-order valence-corrected chi connectivity index (χ1v) is 8.55. The van der Waals surface area contributed by atoms with E-state index in [1.807, 2.05) is 24.5 Å². The molecule has 1 N–H and O–H groups in total. The number of ether oxygens (including phenoxy) is 1. The molecule has 0 saturated carbocycles. The third kappa shape index (κ3) is 4.05. The van der Waals surface area contributed by atoms with Crippen molar-refractivity contribution in [3.8, 4) is 5.75 Å². The third-order valence-corrected chi connectivity index (χ3v) is 4.42. The van der Waals surface area contributed by atoms with E-state index in [0.717, 1.165) is 25.1 Å². The number of hydrogen-bond donors (Lipinski definition) is 1. The van der Waals surface area contributed by atoms with Crippen molar-refractivity contribution in [1.29, 1.82) is 0 Å². The summed E-state index contributed by atoms with van der Waals surface area (Å²) in [4.78, 5) is 5.73. The third-order valence-electron chi connectivity index (χ3n) is 3.40. The van der Waals surface area contributed by atoms with Crippen molar-refractivity contribution in [3.05, 3.63) is 45.9 Å². The lowest BCUT2D eigenvalue weighted by molar-refractivity contribution is 0.338. The van der Waals surface area contributed by atoms with Gasteiger partial charge in [-0.25, -0.2) is 0 Å². The molecular formula is C17H24N2OS. The highest BCUT2D eigenvalue weighted by molar-refractivity contribution is 7.10. The molecule has 0 radical (unpaired) electrons. The maximum atomic E-state index is 5.59. The van der Waals surface area contributed by atoms with Gasteiger partial charge >= 0.3 is 0 Å². The quantitative estimate of drug-likeness (QED) is 0.794. The minimum Gasteiger partial charge on any atom is -0.492 e. The first-order chi connectivity index (χ1) is 10.3. The Morgan fingerprint density at radius 2 is 2.14 bits per heavy atom. The maximum Gasteiger partial charge on any atom is 0.137 e. The zero-order chi connectivity index (χ0) is 15.1. The number of hydrogen-bond acceptors (Lipinski definition) is 4. The molecular weight excluding hydrogens is 280 g/mol. The molecule has 0 spiro atoms. The van der Waals surface area contributed by atoms with Crippen molar-refractivity contribution in [2.75, 3.05) is 13.2 Å². The lowest BCUT2D eigenvalue weighted by atomic mass is 10.0. The fourth-order valence-electron chi connectivity index (χ4n) is 2.38. The highest BCUT2D eigenvalue weighted by Crippen LogP contribution is 2.31. The average Bonchev–Trinajstić information content (AvgIpc) is 2.97. The summed E-state index contributed by atoms with van der Waals surface area (Å²) < 4.78 is 5.59. The Hall–Kier alpha value is -1.39. The summed E-state index contributed by atoms with van der Waals surface area (Å²) in [7, 11) is 0. The summed E-state index contributed by atoms with van der Waals surface area (Å²) >= 11 is 1.82. The number of aromatic nitrogens is 1. The Kier molecular flexibility index (Phi) is 6.21. The summed E-state index contributed by atoms with van der Waals surface area (Å²) in [6.45, 7) is 8.04. The van der Waals surface area contributed by atoms with E-state index in [-0.39, 0.29) is 6.04 Å². The van der Waals surface area contributed by atoms with Crippen LogP contribution in [0.4, 0.5) is 0 Å². The van der Waals surface area contributed by atoms with Crippen LogP contribution in [0, 0.1) is 0 Å². The standard InChI is InChI=1S/C17H24N2OS/c1-4-8-19-16(17-13(5-2)7-9-21-17)14-10-15(20-6-3)12-18-11-14/h7,9-12,16,19H,4-6,8H2,1-3H3. The lowest BCUT2D eigenvalue weighted by Crippen LogP contribution is -2.23. The van der Waals surface area contributed by atoms with Crippen LogP contribution >= 0.6 is 11.3 Å². The van der Waals surface area contributed by atoms with Crippen LogP contribution in [0.2, 0.25) is 0 Å². The molecule has 0 aromatic carbocycles. The van der Waals surface area contributed by atoms with Crippen molar-refractivity contribution >= 4 is 11.3 Å². The van der Waals surface area contributed by atoms with Crippen LogP contribution in [0.5, 0.6) is 5.75 Å². The van der Waals surface area contributed by atoms with Gasteiger partial charge in [-0.3, -0.25) is 4.98 Å². The SMILES string of the molecule is CCCNC(c1cncc(OCC)c1)c1sccc1CC. The van der Waals surface area contributed by atoms with Crippen molar-refractivity contribution in [2.24, 2.45) is 0 Å². The highest BCUT2D eigenvalue weighted by Gasteiger charge is 2.18. The van der Waals surface area contributed by atoms with Crippen LogP contribution < -0.4 is 10.1 Å². The second-order valence-corrected chi connectivity index (χ2v) is 5.89. The average molecular weight is 304 g/mol. The van der Waals surface area contributed by atoms with Gasteiger partial charge in [0.05, 0.1) is 18.8 Å². The van der Waals surface area contributed by atoms with Crippen molar-refractivity contribution in [2.45, 2.75) is 39.7 Å². The van der Waals surface area contributed by atoms with E-state index in [1.54, 1.807) is 6.20 Å². The van der Waals surface area contributed by atoms with Crippen LogP contribution in [-0.4, -0.2) is 18.1 Å². The van der Waals surface area contributed by atoms with Gasteiger partial charge in [-0.1, -0.05) is 13.8 Å². The van der Waals surface area contributed by atoms with Gasteiger partial charge in [-0.05, 0) is 54.9 Å². The number of rotatable bonds is 8. The van der Waals surface area contributed by atoms with E-state index in [4.69, 9.17) is 4.74 Å². The summed E-state index contributed by atoms with van der Waals surface area (Å²) in [5.41, 5.74) is 2.59. The molecule has 0 aliphatic rings. The Bertz CT molecular complexity index is 553. The molecule has 21 heavy (non-hydrogen) atoms. The highest BCUT2D eigenvalue weighted by atomic mass is 32.1. The molecule has 0 aliphatic heterocycles. The largest absolute Gasteiger partial charge is 0.492 e. The fourth-order valence-corrected chi connectivity index (χ4v) is 3.48. The molecule has 1 atom stereocenters. The predicted octanol–water partition coefficient (Wildman–Crippen LogP) is 4.19. The molecule has 2 aromatic rings. The van der Waals surface area contributed by atoms with Crippen LogP contribution in [0.1, 0.15) is 49.2 Å². The lowest BCUT2D eigenvalue weighted by Gasteiger charge is -2.19. The minimum absolute atomic E-state index is 0.202. The summed E-state index contributed by atoms with van der Waals surface area (Å²) in [6, 6.07) is 4.52. The normalized spacial score (nSPS) is 12.3. The van der Waals surface area contributed by atoms with Crippen molar-refractivity contribution in [3.63, 3.8) is 0 Å². The van der Waals surface area contributed by atoms with Gasteiger partial charge in [0.15, 0.2) is 0 Å². The second-order valence-electron chi connectivity index (χ2n) is 4.94. The first kappa shape index (κ1) is 16.0. The molecule has 2 heterocycles. The van der Waals surface area contributed by atoms with Crippen LogP contribution in [0.25, 0.3) is 0 Å². The molecule has 0 amide bonds. The fraction of sp³-hybridized carbons (Fsp3) is 0.471. The number of nitrogens with zero attached hydrogens (tertiary/aromatic N) is 1. The van der Waals surface area contributed by atoms with E-state index >= 15 is 0 Å². The van der Waals surface area contributed by atoms with Gasteiger partial charge in [0.2, 0.25) is 0 Å². The molecule has 0 saturated heterocycles. The van der Waals surface area contributed by atoms with Gasteiger partial charge in [0.1, 0.15) is 5.75 Å². The molecule has 2 rings (SSSR count). The van der Waals surface area contributed by atoms with Gasteiger partial charge in [0, 0.05) is 11.1 Å². The molecule has 3 nitrogen and oxygen atoms in total. The number of nitrogens with one attached hydrogen (secondary N) is 1. The van der Waals surface area contributed by atoms with Crippen LogP contribution in [-0.2, 0) is 6.42 Å². The Morgan fingerprint density at radius 1 is 1.29 bits per heavy atom. The molecule has 0 fully saturated rings. The smallest absolute Gasteiger partial charge is 0.137 e.